The average Bonchev–Trinajstić information content (AvgIpc) is 3.05. The Morgan fingerprint density at radius 1 is 1.29 bits per heavy atom. The Bertz CT molecular complexity index is 625. The Kier molecular flexibility index (Phi) is 6.09. The standard InChI is InChI=1S/C15H19FN4O3.ClH/c16-11-1-2-13(14(9-11)20(22)23)15(21)19-6-3-12(10-19)18-7-4-17-5-8-18;/h1-2,9,12,17H,3-8,10H2;1H. The Balaban J connectivity index is 0.00000208. The van der Waals surface area contributed by atoms with E-state index in [2.05, 4.69) is 10.2 Å². The van der Waals surface area contributed by atoms with Crippen LogP contribution in [-0.4, -0.2) is 65.9 Å². The van der Waals surface area contributed by atoms with Crippen molar-refractivity contribution < 1.29 is 14.1 Å². The van der Waals surface area contributed by atoms with Crippen LogP contribution in [0, 0.1) is 15.9 Å². The zero-order chi connectivity index (χ0) is 16.4. The molecule has 1 N–H and O–H groups in total. The first kappa shape index (κ1) is 18.6. The minimum atomic E-state index is -0.714. The highest BCUT2D eigenvalue weighted by atomic mass is 35.5. The van der Waals surface area contributed by atoms with E-state index in [1.54, 1.807) is 4.90 Å². The Labute approximate surface area is 145 Å². The van der Waals surface area contributed by atoms with Gasteiger partial charge in [0.25, 0.3) is 11.6 Å². The summed E-state index contributed by atoms with van der Waals surface area (Å²) in [5, 5.41) is 14.3. The summed E-state index contributed by atoms with van der Waals surface area (Å²) in [7, 11) is 0. The smallest absolute Gasteiger partial charge is 0.285 e. The molecule has 0 aliphatic carbocycles. The number of nitrogens with zero attached hydrogens (tertiary/aromatic N) is 3. The van der Waals surface area contributed by atoms with E-state index in [0.29, 0.717) is 19.1 Å². The van der Waals surface area contributed by atoms with Crippen molar-refractivity contribution in [3.63, 3.8) is 0 Å². The summed E-state index contributed by atoms with van der Waals surface area (Å²) >= 11 is 0. The average molecular weight is 359 g/mol. The van der Waals surface area contributed by atoms with Gasteiger partial charge in [-0.1, -0.05) is 0 Å². The predicted octanol–water partition coefficient (Wildman–Crippen LogP) is 1.28. The Morgan fingerprint density at radius 3 is 2.67 bits per heavy atom. The van der Waals surface area contributed by atoms with Gasteiger partial charge in [0.1, 0.15) is 11.4 Å². The summed E-state index contributed by atoms with van der Waals surface area (Å²) in [5.41, 5.74) is -0.516. The second-order valence-corrected chi connectivity index (χ2v) is 5.90. The molecule has 2 aliphatic rings. The summed E-state index contributed by atoms with van der Waals surface area (Å²) in [5.74, 6) is -1.11. The summed E-state index contributed by atoms with van der Waals surface area (Å²) in [4.78, 5) is 26.9. The van der Waals surface area contributed by atoms with E-state index in [1.807, 2.05) is 0 Å². The Hall–Kier alpha value is -1.77. The zero-order valence-electron chi connectivity index (χ0n) is 13.1. The molecule has 2 aliphatic heterocycles. The van der Waals surface area contributed by atoms with E-state index in [1.165, 1.54) is 6.07 Å². The number of carbonyl (C=O) groups excluding carboxylic acids is 1. The van der Waals surface area contributed by atoms with Gasteiger partial charge < -0.3 is 10.2 Å². The molecule has 132 valence electrons. The Morgan fingerprint density at radius 2 is 2.00 bits per heavy atom. The van der Waals surface area contributed by atoms with Gasteiger partial charge in [-0.15, -0.1) is 12.4 Å². The number of piperazine rings is 1. The van der Waals surface area contributed by atoms with E-state index >= 15 is 0 Å². The van der Waals surface area contributed by atoms with Gasteiger partial charge in [-0.2, -0.15) is 0 Å². The number of amides is 1. The molecular weight excluding hydrogens is 339 g/mol. The summed E-state index contributed by atoms with van der Waals surface area (Å²) in [6.07, 6.45) is 0.862. The minimum Gasteiger partial charge on any atom is -0.337 e. The maximum absolute atomic E-state index is 13.2. The third-order valence-electron chi connectivity index (χ3n) is 4.51. The molecule has 1 aromatic carbocycles. The number of nitro benzene ring substituents is 1. The summed E-state index contributed by atoms with van der Waals surface area (Å²) < 4.78 is 13.2. The van der Waals surface area contributed by atoms with Crippen LogP contribution in [0.4, 0.5) is 10.1 Å². The first-order valence-electron chi connectivity index (χ1n) is 7.74. The third kappa shape index (κ3) is 3.82. The molecule has 1 atom stereocenters. The molecule has 0 bridgehead atoms. The van der Waals surface area contributed by atoms with Gasteiger partial charge >= 0.3 is 0 Å². The number of hydrogen-bond donors (Lipinski definition) is 1. The molecule has 2 heterocycles. The van der Waals surface area contributed by atoms with E-state index in [0.717, 1.165) is 44.7 Å². The lowest BCUT2D eigenvalue weighted by Gasteiger charge is -2.32. The number of carbonyl (C=O) groups is 1. The highest BCUT2D eigenvalue weighted by molar-refractivity contribution is 5.98. The number of hydrogen-bond acceptors (Lipinski definition) is 5. The number of rotatable bonds is 3. The van der Waals surface area contributed by atoms with Gasteiger partial charge in [-0.05, 0) is 18.6 Å². The molecule has 0 radical (unpaired) electrons. The fraction of sp³-hybridized carbons (Fsp3) is 0.533. The van der Waals surface area contributed by atoms with E-state index in [9.17, 15) is 19.3 Å². The van der Waals surface area contributed by atoms with Crippen molar-refractivity contribution >= 4 is 24.0 Å². The number of nitro groups is 1. The molecule has 0 spiro atoms. The monoisotopic (exact) mass is 358 g/mol. The molecule has 1 unspecified atom stereocenters. The molecule has 24 heavy (non-hydrogen) atoms. The summed E-state index contributed by atoms with van der Waals surface area (Å²) in [6.45, 7) is 4.91. The normalized spacial score (nSPS) is 21.4. The van der Waals surface area contributed by atoms with Crippen LogP contribution in [-0.2, 0) is 0 Å². The topological polar surface area (TPSA) is 78.7 Å². The first-order valence-corrected chi connectivity index (χ1v) is 7.74. The van der Waals surface area contributed by atoms with E-state index in [4.69, 9.17) is 0 Å². The minimum absolute atomic E-state index is 0. The molecule has 0 aromatic heterocycles. The SMILES string of the molecule is Cl.O=C(c1ccc(F)cc1[N+](=O)[O-])N1CCC(N2CCNCC2)C1. The lowest BCUT2D eigenvalue weighted by molar-refractivity contribution is -0.385. The number of nitrogens with one attached hydrogen (secondary N) is 1. The maximum Gasteiger partial charge on any atom is 0.285 e. The van der Waals surface area contributed by atoms with Gasteiger partial charge in [0.05, 0.1) is 11.0 Å². The molecule has 3 rings (SSSR count). The van der Waals surface area contributed by atoms with Gasteiger partial charge in [-0.25, -0.2) is 4.39 Å². The lowest BCUT2D eigenvalue weighted by Crippen LogP contribution is -2.49. The van der Waals surface area contributed by atoms with Crippen molar-refractivity contribution in [1.29, 1.82) is 0 Å². The van der Waals surface area contributed by atoms with Crippen LogP contribution >= 0.6 is 12.4 Å². The van der Waals surface area contributed by atoms with E-state index < -0.39 is 22.3 Å². The maximum atomic E-state index is 13.2. The first-order chi connectivity index (χ1) is 11.1. The molecule has 7 nitrogen and oxygen atoms in total. The summed E-state index contributed by atoms with van der Waals surface area (Å²) in [6, 6.07) is 3.38. The van der Waals surface area contributed by atoms with Crippen molar-refractivity contribution in [3.8, 4) is 0 Å². The van der Waals surface area contributed by atoms with Gasteiger partial charge in [-0.3, -0.25) is 19.8 Å². The number of likely N-dealkylation sites (tertiary alicyclic amines) is 1. The van der Waals surface area contributed by atoms with Crippen LogP contribution in [0.5, 0.6) is 0 Å². The molecule has 0 saturated carbocycles. The molecule has 1 amide bonds. The van der Waals surface area contributed by atoms with Crippen molar-refractivity contribution in [1.82, 2.24) is 15.1 Å². The molecule has 1 aromatic rings. The van der Waals surface area contributed by atoms with Crippen LogP contribution < -0.4 is 5.32 Å². The quantitative estimate of drug-likeness (QED) is 0.650. The number of benzene rings is 1. The lowest BCUT2D eigenvalue weighted by atomic mass is 10.1. The third-order valence-corrected chi connectivity index (χ3v) is 4.51. The predicted molar refractivity (Wildman–Crippen MR) is 89.1 cm³/mol. The zero-order valence-corrected chi connectivity index (χ0v) is 13.9. The van der Waals surface area contributed by atoms with Gasteiger partial charge in [0.2, 0.25) is 0 Å². The van der Waals surface area contributed by atoms with Crippen LogP contribution in [0.1, 0.15) is 16.8 Å². The molecular formula is C15H20ClFN4O3. The largest absolute Gasteiger partial charge is 0.337 e. The number of halogens is 2. The van der Waals surface area contributed by atoms with E-state index in [-0.39, 0.29) is 18.0 Å². The fourth-order valence-electron chi connectivity index (χ4n) is 3.28. The molecule has 2 saturated heterocycles. The van der Waals surface area contributed by atoms with Gasteiger partial charge in [0, 0.05) is 45.3 Å². The van der Waals surface area contributed by atoms with Crippen molar-refractivity contribution in [3.05, 3.63) is 39.7 Å². The highest BCUT2D eigenvalue weighted by Crippen LogP contribution is 2.24. The second-order valence-electron chi connectivity index (χ2n) is 5.90. The van der Waals surface area contributed by atoms with Crippen molar-refractivity contribution in [2.45, 2.75) is 12.5 Å². The van der Waals surface area contributed by atoms with Gasteiger partial charge in [0.15, 0.2) is 0 Å². The van der Waals surface area contributed by atoms with Crippen molar-refractivity contribution in [2.75, 3.05) is 39.3 Å². The van der Waals surface area contributed by atoms with Crippen molar-refractivity contribution in [2.24, 2.45) is 0 Å². The second kappa shape index (κ2) is 7.87. The fourth-order valence-corrected chi connectivity index (χ4v) is 3.28. The van der Waals surface area contributed by atoms with Crippen LogP contribution in [0.2, 0.25) is 0 Å². The highest BCUT2D eigenvalue weighted by Gasteiger charge is 2.33. The molecule has 2 fully saturated rings. The van der Waals surface area contributed by atoms with Crippen LogP contribution in [0.15, 0.2) is 18.2 Å². The molecule has 9 heteroatoms. The van der Waals surface area contributed by atoms with Crippen LogP contribution in [0.25, 0.3) is 0 Å². The van der Waals surface area contributed by atoms with Crippen LogP contribution in [0.3, 0.4) is 0 Å².